The number of likely N-dealkylation sites (N-methyl/N-ethyl adjacent to an activating group) is 1. The molecule has 1 aromatic heterocycles. The van der Waals surface area contributed by atoms with Crippen LogP contribution in [0.25, 0.3) is 10.9 Å². The molecule has 0 fully saturated rings. The normalized spacial score (nSPS) is 11.3. The second-order valence-corrected chi connectivity index (χ2v) is 38.6. The highest BCUT2D eigenvalue weighted by atomic mass is 16.2. The number of aromatic nitrogens is 1. The number of para-hydroxylation sites is 1. The largest absolute Gasteiger partial charge is 0.361 e. The van der Waals surface area contributed by atoms with Crippen LogP contribution in [0.4, 0.5) is 0 Å². The van der Waals surface area contributed by atoms with Gasteiger partial charge in [-0.2, -0.15) is 0 Å². The van der Waals surface area contributed by atoms with E-state index in [1.54, 1.807) is 111 Å². The van der Waals surface area contributed by atoms with Crippen molar-refractivity contribution in [2.45, 2.75) is 415 Å². The van der Waals surface area contributed by atoms with Crippen LogP contribution in [0.3, 0.4) is 0 Å². The van der Waals surface area contributed by atoms with Gasteiger partial charge in [-0.05, 0) is 270 Å². The molecule has 0 spiro atoms. The van der Waals surface area contributed by atoms with Gasteiger partial charge in [0, 0.05) is 78.9 Å². The number of rotatable bonds is 62. The summed E-state index contributed by atoms with van der Waals surface area (Å²) in [5.41, 5.74) is 3.54. The third-order valence-electron chi connectivity index (χ3n) is 19.7. The third kappa shape index (κ3) is 168. The monoisotopic (exact) mass is 2040 g/mol. The minimum Gasteiger partial charge on any atom is -0.361 e. The predicted molar refractivity (Wildman–Crippen MR) is 610 cm³/mol. The first-order valence-corrected chi connectivity index (χ1v) is 53.3. The summed E-state index contributed by atoms with van der Waals surface area (Å²) in [7, 11) is 1.75. The quantitative estimate of drug-likeness (QED) is 0.0233. The van der Waals surface area contributed by atoms with Gasteiger partial charge in [-0.1, -0.05) is 205 Å². The van der Waals surface area contributed by atoms with Crippen molar-refractivity contribution >= 4 is 97.7 Å². The number of H-pyrrole nitrogens is 1. The van der Waals surface area contributed by atoms with Crippen molar-refractivity contribution in [1.29, 1.82) is 0 Å². The van der Waals surface area contributed by atoms with E-state index in [1.807, 2.05) is 68.6 Å². The van der Waals surface area contributed by atoms with E-state index in [2.05, 4.69) is 231 Å². The van der Waals surface area contributed by atoms with Gasteiger partial charge in [-0.15, -0.1) is 0 Å². The van der Waals surface area contributed by atoms with Crippen LogP contribution in [0.15, 0.2) is 60.8 Å². The summed E-state index contributed by atoms with van der Waals surface area (Å²) in [4.78, 5) is 159. The van der Waals surface area contributed by atoms with Crippen LogP contribution in [0, 0.1) is 23.7 Å². The maximum Gasteiger partial charge on any atom is 0.143 e. The van der Waals surface area contributed by atoms with E-state index in [1.165, 1.54) is 48.6 Å². The minimum absolute atomic E-state index is 0.162. The first-order chi connectivity index (χ1) is 67.3. The van der Waals surface area contributed by atoms with Crippen LogP contribution in [0.1, 0.15) is 371 Å². The SMILES string of the molecule is CC(=O)CNC(C)C.CC(=O)CNC(C)C(C)C.CC(=O)CNCC(C)C.CC(=O)CNCCC(C)C.CC(=O)CNCc1c[nH]c2ccccc12.CC(=O)CNCc1ccccc1.CCC(C)CNCC(C)=O.CCC(C)NCC(C)=O.CCC(CC)NCC(C)=O.CCCC(C)NCC(C)=O.CCCCCCC(C)=O.CCCNCC(C)=O.CC[C@@H](C)NCC(C)=O.CC[C@H](C)NCC(C)=O.CNCC(C)=O. The van der Waals surface area contributed by atoms with Gasteiger partial charge in [-0.3, -0.25) is 67.1 Å². The Labute approximate surface area is 879 Å². The van der Waals surface area contributed by atoms with Crippen LogP contribution in [-0.4, -0.2) is 259 Å². The number of fused-ring (bicyclic) bond motifs is 1. The van der Waals surface area contributed by atoms with Crippen LogP contribution < -0.4 is 74.4 Å². The molecule has 30 heteroatoms. The number of nitrogens with one attached hydrogen (secondary N) is 15. The van der Waals surface area contributed by atoms with Crippen LogP contribution in [0.5, 0.6) is 0 Å². The molecule has 0 amide bonds. The summed E-state index contributed by atoms with van der Waals surface area (Å²) in [6, 6.07) is 21.4. The van der Waals surface area contributed by atoms with Crippen molar-refractivity contribution in [3.8, 4) is 0 Å². The molecule has 0 radical (unpaired) electrons. The lowest BCUT2D eigenvalue weighted by atomic mass is 10.1. The van der Waals surface area contributed by atoms with Crippen LogP contribution in [-0.2, 0) is 85.0 Å². The van der Waals surface area contributed by atoms with Gasteiger partial charge < -0.3 is 84.2 Å². The molecule has 15 N–H and O–H groups in total. The number of ketones is 15. The van der Waals surface area contributed by atoms with Crippen LogP contribution >= 0.6 is 0 Å². The van der Waals surface area contributed by atoms with Crippen molar-refractivity contribution in [3.05, 3.63) is 71.9 Å². The van der Waals surface area contributed by atoms with E-state index in [0.29, 0.717) is 157 Å². The van der Waals surface area contributed by atoms with Gasteiger partial charge in [0.05, 0.1) is 91.6 Å². The van der Waals surface area contributed by atoms with Gasteiger partial charge in [0.15, 0.2) is 0 Å². The molecule has 0 saturated heterocycles. The fraction of sp³-hybridized carbons (Fsp3) is 0.746. The van der Waals surface area contributed by atoms with Crippen LogP contribution in [0.2, 0.25) is 0 Å². The molecule has 3 rings (SSSR count). The Kier molecular flexibility index (Phi) is 135. The zero-order valence-corrected chi connectivity index (χ0v) is 99.0. The van der Waals surface area contributed by atoms with Gasteiger partial charge in [0.1, 0.15) is 86.7 Å². The summed E-state index contributed by atoms with van der Waals surface area (Å²) in [5.74, 6) is 5.73. The summed E-state index contributed by atoms with van der Waals surface area (Å²) < 4.78 is 0. The van der Waals surface area contributed by atoms with Gasteiger partial charge in [0.2, 0.25) is 0 Å². The maximum atomic E-state index is 10.8. The number of hydrogen-bond donors (Lipinski definition) is 15. The van der Waals surface area contributed by atoms with Gasteiger partial charge in [-0.25, -0.2) is 0 Å². The summed E-state index contributed by atoms with van der Waals surface area (Å²) in [6.45, 7) is 84.8. The van der Waals surface area contributed by atoms with Crippen molar-refractivity contribution in [2.24, 2.45) is 23.7 Å². The molecule has 3 aromatic rings. The fourth-order valence-corrected chi connectivity index (χ4v) is 9.95. The van der Waals surface area contributed by atoms with E-state index >= 15 is 0 Å². The number of carbonyl (C=O) groups excluding carboxylic acids is 15. The second-order valence-electron chi connectivity index (χ2n) is 38.6. The fourth-order valence-electron chi connectivity index (χ4n) is 9.95. The summed E-state index contributed by atoms with van der Waals surface area (Å²) in [5, 5.41) is 43.9. The molecule has 1 heterocycles. The molecule has 0 aliphatic rings. The van der Waals surface area contributed by atoms with Crippen molar-refractivity contribution in [1.82, 2.24) is 79.4 Å². The number of carbonyl (C=O) groups is 15. The Morgan fingerprint density at radius 1 is 0.292 bits per heavy atom. The average molecular weight is 2040 g/mol. The summed E-state index contributed by atoms with van der Waals surface area (Å²) in [6.07, 6.45) is 18.7. The standard InChI is InChI=1S/C12H14N2O.C10H13NO.5C8H17NO.C8H16O.4C7H15NO.2C6H13NO.C4H9NO/c1-9(15)6-13-7-10-8-14-12-5-3-2-4-11(10)12;1-9(12)7-11-8-10-5-3-2-4-6-10;1-6(2)8(4)9-5-7(3)10;1-7(2)4-5-9-6-8(3)10;1-4-7(2)5-9-6-8(3)10;1-4-5-7(2)9-6-8(3)10;1-4-8(5-2)9-6-7(3)10;1-3-4-5-6-7-8(2)9;1-6(2)4-8-5-7(3)9;3*1-4-6(2)8-5-7(3)9;1-5(2)7-4-6(3)8;1-3-4-7-5-6(2)8;1-4(6)3-5-2/h2-5,8,13-14H,6-7H2,1H3;2-6,11H,7-8H2,1H3;6,8-9H,5H2,1-4H3;3*7,9H,4-6H2,1-3H3;8-9H,4-6H2,1-3H3;3-7H2,1-2H3;4*6,8H,4-5H2,1-3H3;5,7H,4H2,1-3H3;7H,3-5H2,1-2H3;5H,3H2,1-2H3/t;;;;;;;;;2*6-;;;;/m.........10..../s1. The third-order valence-corrected chi connectivity index (χ3v) is 19.7. The van der Waals surface area contributed by atoms with E-state index in [4.69, 9.17) is 0 Å². The summed E-state index contributed by atoms with van der Waals surface area (Å²) >= 11 is 0. The molecule has 2 aromatic carbocycles. The molecule has 0 aliphatic carbocycles. The molecule has 844 valence electrons. The molecule has 0 aliphatic heterocycles. The van der Waals surface area contributed by atoms with Crippen molar-refractivity contribution in [2.75, 3.05) is 125 Å². The predicted octanol–water partition coefficient (Wildman–Crippen LogP) is 16.8. The number of hydrogen-bond acceptors (Lipinski definition) is 29. The molecule has 0 bridgehead atoms. The highest BCUT2D eigenvalue weighted by molar-refractivity contribution is 5.84. The molecular weight excluding hydrogens is 1820 g/mol. The Hall–Kier alpha value is -7.53. The van der Waals surface area contributed by atoms with E-state index in [9.17, 15) is 71.9 Å². The maximum absolute atomic E-state index is 10.8. The number of unbranched alkanes of at least 4 members (excludes halogenated alkanes) is 3. The number of benzene rings is 2. The first kappa shape index (κ1) is 162. The zero-order valence-electron chi connectivity index (χ0n) is 99.0. The lowest BCUT2D eigenvalue weighted by Crippen LogP contribution is -2.34. The molecule has 4 unspecified atom stereocenters. The smallest absolute Gasteiger partial charge is 0.143 e. The Bertz CT molecular complexity index is 3480. The van der Waals surface area contributed by atoms with Crippen molar-refractivity contribution in [3.63, 3.8) is 0 Å². The average Bonchev–Trinajstić information content (AvgIpc) is 1.69. The van der Waals surface area contributed by atoms with Gasteiger partial charge in [0.25, 0.3) is 0 Å². The lowest BCUT2D eigenvalue weighted by Gasteiger charge is -2.15. The number of Topliss-reactive ketones (excluding diaryl/α,β-unsaturated/α-hetero) is 15. The Morgan fingerprint density at radius 2 is 0.646 bits per heavy atom. The Morgan fingerprint density at radius 3 is 0.972 bits per heavy atom. The molecule has 30 nitrogen and oxygen atoms in total. The Balaban J connectivity index is -0.000000130. The highest BCUT2D eigenvalue weighted by Crippen LogP contribution is 2.17. The second kappa shape index (κ2) is 121. The molecule has 144 heavy (non-hydrogen) atoms. The van der Waals surface area contributed by atoms with Crippen molar-refractivity contribution < 1.29 is 71.9 Å². The first-order valence-electron chi connectivity index (χ1n) is 53.3. The topological polar surface area (TPSA) is 440 Å². The molecule has 6 atom stereocenters. The lowest BCUT2D eigenvalue weighted by molar-refractivity contribution is -0.117. The highest BCUT2D eigenvalue weighted by Gasteiger charge is 2.09. The van der Waals surface area contributed by atoms with E-state index in [0.717, 1.165) is 115 Å². The van der Waals surface area contributed by atoms with E-state index < -0.39 is 0 Å². The minimum atomic E-state index is 0.162. The number of aromatic amines is 1. The molecular formula is C114H223N15O15. The van der Waals surface area contributed by atoms with Gasteiger partial charge >= 0.3 is 0 Å². The zero-order chi connectivity index (χ0) is 114. The van der Waals surface area contributed by atoms with E-state index in [-0.39, 0.29) is 81.0 Å². The molecule has 0 saturated carbocycles.